The molecule has 1 aromatic heterocycles. The number of benzene rings is 1. The lowest BCUT2D eigenvalue weighted by atomic mass is 10.2. The summed E-state index contributed by atoms with van der Waals surface area (Å²) in [6.07, 6.45) is 0. The normalized spacial score (nSPS) is 10.4. The van der Waals surface area contributed by atoms with Crippen LogP contribution in [0, 0.1) is 6.92 Å². The van der Waals surface area contributed by atoms with E-state index in [-0.39, 0.29) is 11.9 Å². The molecule has 0 spiro atoms. The lowest BCUT2D eigenvalue weighted by molar-refractivity contribution is 0.0531. The van der Waals surface area contributed by atoms with Crippen LogP contribution >= 0.6 is 23.1 Å². The molecule has 0 atom stereocenters. The number of hydrogen-bond donors (Lipinski definition) is 1. The molecular weight excluding hydrogens is 330 g/mol. The summed E-state index contributed by atoms with van der Waals surface area (Å²) >= 11 is 2.96. The third kappa shape index (κ3) is 4.59. The van der Waals surface area contributed by atoms with Gasteiger partial charge in [-0.3, -0.25) is 4.79 Å². The minimum Gasteiger partial charge on any atom is -0.462 e. The zero-order valence-corrected chi connectivity index (χ0v) is 15.0. The molecule has 1 heterocycles. The van der Waals surface area contributed by atoms with Crippen molar-refractivity contribution in [3.8, 4) is 0 Å². The molecule has 1 aromatic carbocycles. The lowest BCUT2D eigenvalue weighted by Gasteiger charge is -2.04. The van der Waals surface area contributed by atoms with Crippen molar-refractivity contribution in [2.24, 2.45) is 0 Å². The number of carbonyl (C=O) groups is 2. The number of carbonyl (C=O) groups excluding carboxylic acids is 2. The SMILES string of the molecule is CCOC(=O)c1sc(NC(=O)c2ccc(SCC)cc2)cc1C. The van der Waals surface area contributed by atoms with Crippen LogP contribution in [0.3, 0.4) is 0 Å². The first-order valence-corrected chi connectivity index (χ1v) is 9.17. The number of esters is 1. The van der Waals surface area contributed by atoms with Crippen molar-refractivity contribution in [3.05, 3.63) is 46.3 Å². The van der Waals surface area contributed by atoms with Gasteiger partial charge in [-0.25, -0.2) is 4.79 Å². The van der Waals surface area contributed by atoms with Gasteiger partial charge < -0.3 is 10.1 Å². The van der Waals surface area contributed by atoms with Gasteiger partial charge >= 0.3 is 5.97 Å². The van der Waals surface area contributed by atoms with Crippen LogP contribution in [0.4, 0.5) is 5.00 Å². The number of aryl methyl sites for hydroxylation is 1. The van der Waals surface area contributed by atoms with Crippen LogP contribution in [0.15, 0.2) is 35.2 Å². The van der Waals surface area contributed by atoms with Gasteiger partial charge in [0, 0.05) is 10.5 Å². The molecule has 0 bridgehead atoms. The van der Waals surface area contributed by atoms with Crippen molar-refractivity contribution in [2.45, 2.75) is 25.7 Å². The maximum absolute atomic E-state index is 12.3. The first-order valence-electron chi connectivity index (χ1n) is 7.37. The molecule has 4 nitrogen and oxygen atoms in total. The highest BCUT2D eigenvalue weighted by Gasteiger charge is 2.16. The predicted octanol–water partition coefficient (Wildman–Crippen LogP) is 4.60. The van der Waals surface area contributed by atoms with Crippen LogP contribution in [0.25, 0.3) is 0 Å². The average molecular weight is 349 g/mol. The fourth-order valence-electron chi connectivity index (χ4n) is 2.00. The highest BCUT2D eigenvalue weighted by Crippen LogP contribution is 2.28. The summed E-state index contributed by atoms with van der Waals surface area (Å²) in [7, 11) is 0. The zero-order chi connectivity index (χ0) is 16.8. The average Bonchev–Trinajstić information content (AvgIpc) is 2.89. The number of ether oxygens (including phenoxy) is 1. The minimum atomic E-state index is -0.351. The maximum atomic E-state index is 12.3. The molecule has 6 heteroatoms. The zero-order valence-electron chi connectivity index (χ0n) is 13.3. The number of anilines is 1. The number of amides is 1. The Kier molecular flexibility index (Phi) is 6.24. The van der Waals surface area contributed by atoms with Gasteiger partial charge in [0.25, 0.3) is 5.91 Å². The van der Waals surface area contributed by atoms with Gasteiger partial charge in [0.1, 0.15) is 4.88 Å². The van der Waals surface area contributed by atoms with E-state index in [1.807, 2.05) is 19.1 Å². The van der Waals surface area contributed by atoms with E-state index >= 15 is 0 Å². The molecule has 1 amide bonds. The van der Waals surface area contributed by atoms with Crippen LogP contribution in [-0.2, 0) is 4.74 Å². The summed E-state index contributed by atoms with van der Waals surface area (Å²) in [5.74, 6) is 0.461. The van der Waals surface area contributed by atoms with Crippen LogP contribution < -0.4 is 5.32 Å². The third-order valence-electron chi connectivity index (χ3n) is 3.04. The van der Waals surface area contributed by atoms with Crippen LogP contribution in [-0.4, -0.2) is 24.2 Å². The molecule has 0 fully saturated rings. The summed E-state index contributed by atoms with van der Waals surface area (Å²) < 4.78 is 5.00. The van der Waals surface area contributed by atoms with E-state index in [0.29, 0.717) is 22.0 Å². The van der Waals surface area contributed by atoms with Gasteiger partial charge in [-0.15, -0.1) is 23.1 Å². The molecule has 2 rings (SSSR count). The summed E-state index contributed by atoms with van der Waals surface area (Å²) in [5, 5.41) is 3.47. The number of thioether (sulfide) groups is 1. The number of thiophene rings is 1. The van der Waals surface area contributed by atoms with Gasteiger partial charge in [0.2, 0.25) is 0 Å². The summed E-state index contributed by atoms with van der Waals surface area (Å²) in [4.78, 5) is 25.7. The topological polar surface area (TPSA) is 55.4 Å². The second-order valence-corrected chi connectivity index (χ2v) is 7.14. The van der Waals surface area contributed by atoms with E-state index in [4.69, 9.17) is 4.74 Å². The Bertz CT molecular complexity index is 692. The molecule has 2 aromatic rings. The highest BCUT2D eigenvalue weighted by atomic mass is 32.2. The van der Waals surface area contributed by atoms with Gasteiger partial charge in [-0.1, -0.05) is 6.92 Å². The molecule has 0 saturated heterocycles. The summed E-state index contributed by atoms with van der Waals surface area (Å²) in [6, 6.07) is 9.27. The Morgan fingerprint density at radius 3 is 2.52 bits per heavy atom. The van der Waals surface area contributed by atoms with Gasteiger partial charge in [-0.2, -0.15) is 0 Å². The van der Waals surface area contributed by atoms with Crippen molar-refractivity contribution in [2.75, 3.05) is 17.7 Å². The maximum Gasteiger partial charge on any atom is 0.348 e. The van der Waals surface area contributed by atoms with Crippen LogP contribution in [0.1, 0.15) is 39.4 Å². The minimum absolute atomic E-state index is 0.185. The largest absolute Gasteiger partial charge is 0.462 e. The van der Waals surface area contributed by atoms with Gasteiger partial charge in [0.15, 0.2) is 0 Å². The molecule has 0 saturated carbocycles. The third-order valence-corrected chi connectivity index (χ3v) is 5.07. The van der Waals surface area contributed by atoms with E-state index in [1.54, 1.807) is 36.9 Å². The fraction of sp³-hybridized carbons (Fsp3) is 0.294. The highest BCUT2D eigenvalue weighted by molar-refractivity contribution is 7.99. The summed E-state index contributed by atoms with van der Waals surface area (Å²) in [5.41, 5.74) is 1.40. The Hall–Kier alpha value is -1.79. The lowest BCUT2D eigenvalue weighted by Crippen LogP contribution is -2.10. The van der Waals surface area contributed by atoms with Crippen LogP contribution in [0.5, 0.6) is 0 Å². The molecule has 0 aliphatic rings. The van der Waals surface area contributed by atoms with Crippen molar-refractivity contribution in [1.82, 2.24) is 0 Å². The Morgan fingerprint density at radius 2 is 1.91 bits per heavy atom. The van der Waals surface area contributed by atoms with E-state index < -0.39 is 0 Å². The molecule has 23 heavy (non-hydrogen) atoms. The van der Waals surface area contributed by atoms with E-state index in [1.165, 1.54) is 11.3 Å². The standard InChI is InChI=1S/C17H19NO3S2/c1-4-21-17(20)15-11(3)10-14(23-15)18-16(19)12-6-8-13(9-7-12)22-5-2/h6-10H,4-5H2,1-3H3,(H,18,19). The first kappa shape index (κ1) is 17.6. The number of hydrogen-bond acceptors (Lipinski definition) is 5. The van der Waals surface area contributed by atoms with Gasteiger partial charge in [0.05, 0.1) is 11.6 Å². The second kappa shape index (κ2) is 8.17. The van der Waals surface area contributed by atoms with E-state index in [2.05, 4.69) is 12.2 Å². The molecule has 122 valence electrons. The quantitative estimate of drug-likeness (QED) is 0.612. The summed E-state index contributed by atoms with van der Waals surface area (Å²) in [6.45, 7) is 6.02. The fourth-order valence-corrected chi connectivity index (χ4v) is 3.62. The number of nitrogens with one attached hydrogen (secondary N) is 1. The molecule has 1 N–H and O–H groups in total. The molecule has 0 radical (unpaired) electrons. The predicted molar refractivity (Wildman–Crippen MR) is 95.8 cm³/mol. The monoisotopic (exact) mass is 349 g/mol. The van der Waals surface area contributed by atoms with E-state index in [0.717, 1.165) is 16.2 Å². The van der Waals surface area contributed by atoms with E-state index in [9.17, 15) is 9.59 Å². The molecule has 0 aliphatic carbocycles. The smallest absolute Gasteiger partial charge is 0.348 e. The van der Waals surface area contributed by atoms with Crippen molar-refractivity contribution < 1.29 is 14.3 Å². The molecular formula is C17H19NO3S2. The van der Waals surface area contributed by atoms with Crippen molar-refractivity contribution in [1.29, 1.82) is 0 Å². The number of rotatable bonds is 6. The van der Waals surface area contributed by atoms with Crippen molar-refractivity contribution >= 4 is 40.0 Å². The molecule has 0 aliphatic heterocycles. The Morgan fingerprint density at radius 1 is 1.22 bits per heavy atom. The van der Waals surface area contributed by atoms with Crippen LogP contribution in [0.2, 0.25) is 0 Å². The second-order valence-electron chi connectivity index (χ2n) is 4.75. The first-order chi connectivity index (χ1) is 11.0. The van der Waals surface area contributed by atoms with Crippen molar-refractivity contribution in [3.63, 3.8) is 0 Å². The Balaban J connectivity index is 2.08. The Labute approximate surface area is 144 Å². The van der Waals surface area contributed by atoms with Gasteiger partial charge in [-0.05, 0) is 55.5 Å². The molecule has 0 unspecified atom stereocenters.